The van der Waals surface area contributed by atoms with Crippen molar-refractivity contribution in [2.75, 3.05) is 26.3 Å². The van der Waals surface area contributed by atoms with Gasteiger partial charge in [-0.15, -0.1) is 12.4 Å². The summed E-state index contributed by atoms with van der Waals surface area (Å²) in [5, 5.41) is 20.5. The van der Waals surface area contributed by atoms with Gasteiger partial charge in [0.15, 0.2) is 0 Å². The molecule has 4 heteroatoms. The molecule has 0 bridgehead atoms. The van der Waals surface area contributed by atoms with Crippen LogP contribution in [0, 0.1) is 11.8 Å². The number of aliphatic hydroxyl groups excluding tert-OH is 2. The van der Waals surface area contributed by atoms with Crippen LogP contribution in [0.3, 0.4) is 0 Å². The van der Waals surface area contributed by atoms with Crippen molar-refractivity contribution >= 4 is 12.4 Å². The fourth-order valence-corrected chi connectivity index (χ4v) is 1.21. The molecule has 0 aromatic carbocycles. The van der Waals surface area contributed by atoms with Crippen molar-refractivity contribution < 1.29 is 10.2 Å². The largest absolute Gasteiger partial charge is 0.396 e. The zero-order valence-corrected chi connectivity index (χ0v) is 6.60. The highest BCUT2D eigenvalue weighted by Gasteiger charge is 2.24. The predicted octanol–water partition coefficient (Wildman–Crippen LogP) is -0.772. The standard InChI is InChI=1S/C6H13NO2.ClH/c8-3-5-1-7-2-6(5)4-9;/h5-9H,1-4H2;1H. The van der Waals surface area contributed by atoms with E-state index in [9.17, 15) is 0 Å². The lowest BCUT2D eigenvalue weighted by atomic mass is 9.98. The van der Waals surface area contributed by atoms with Crippen molar-refractivity contribution in [1.82, 2.24) is 5.32 Å². The van der Waals surface area contributed by atoms with E-state index in [0.29, 0.717) is 0 Å². The van der Waals surface area contributed by atoms with E-state index in [0.717, 1.165) is 13.1 Å². The molecule has 1 heterocycles. The van der Waals surface area contributed by atoms with Gasteiger partial charge in [-0.05, 0) is 0 Å². The molecule has 1 saturated heterocycles. The fraction of sp³-hybridized carbons (Fsp3) is 1.00. The lowest BCUT2D eigenvalue weighted by Gasteiger charge is -2.11. The van der Waals surface area contributed by atoms with Gasteiger partial charge in [0, 0.05) is 38.1 Å². The van der Waals surface area contributed by atoms with Crippen LogP contribution in [0.1, 0.15) is 0 Å². The Kier molecular flexibility index (Phi) is 4.99. The van der Waals surface area contributed by atoms with E-state index in [1.807, 2.05) is 0 Å². The third kappa shape index (κ3) is 2.09. The molecule has 0 aliphatic carbocycles. The van der Waals surface area contributed by atoms with Crippen LogP contribution in [-0.4, -0.2) is 36.5 Å². The predicted molar refractivity (Wildman–Crippen MR) is 41.3 cm³/mol. The molecule has 2 unspecified atom stereocenters. The molecular weight excluding hydrogens is 154 g/mol. The molecule has 3 N–H and O–H groups in total. The number of rotatable bonds is 2. The van der Waals surface area contributed by atoms with Crippen LogP contribution in [0.15, 0.2) is 0 Å². The molecule has 62 valence electrons. The maximum absolute atomic E-state index is 8.72. The summed E-state index contributed by atoms with van der Waals surface area (Å²) in [6.45, 7) is 2.08. The molecule has 0 radical (unpaired) electrons. The molecule has 1 aliphatic rings. The number of hydrogen-bond acceptors (Lipinski definition) is 3. The first-order valence-electron chi connectivity index (χ1n) is 3.31. The summed E-state index contributed by atoms with van der Waals surface area (Å²) in [5.74, 6) is 0.546. The van der Waals surface area contributed by atoms with E-state index in [2.05, 4.69) is 5.32 Å². The first kappa shape index (κ1) is 10.2. The summed E-state index contributed by atoms with van der Waals surface area (Å²) in [5.41, 5.74) is 0. The molecule has 10 heavy (non-hydrogen) atoms. The van der Waals surface area contributed by atoms with Crippen LogP contribution in [-0.2, 0) is 0 Å². The van der Waals surface area contributed by atoms with Crippen molar-refractivity contribution in [2.45, 2.75) is 0 Å². The van der Waals surface area contributed by atoms with Crippen LogP contribution in [0.2, 0.25) is 0 Å². The van der Waals surface area contributed by atoms with Crippen molar-refractivity contribution in [2.24, 2.45) is 11.8 Å². The minimum absolute atomic E-state index is 0. The van der Waals surface area contributed by atoms with Crippen LogP contribution < -0.4 is 5.32 Å². The van der Waals surface area contributed by atoms with Crippen LogP contribution in [0.25, 0.3) is 0 Å². The Morgan fingerprint density at radius 3 is 1.80 bits per heavy atom. The lowest BCUT2D eigenvalue weighted by molar-refractivity contribution is 0.152. The average molecular weight is 168 g/mol. The van der Waals surface area contributed by atoms with Gasteiger partial charge in [0.1, 0.15) is 0 Å². The highest BCUT2D eigenvalue weighted by Crippen LogP contribution is 2.14. The third-order valence-electron chi connectivity index (χ3n) is 1.95. The Hall–Kier alpha value is 0.170. The minimum atomic E-state index is 0. The monoisotopic (exact) mass is 167 g/mol. The van der Waals surface area contributed by atoms with E-state index in [1.165, 1.54) is 0 Å². The maximum atomic E-state index is 8.72. The number of nitrogens with one attached hydrogen (secondary N) is 1. The first-order valence-corrected chi connectivity index (χ1v) is 3.31. The molecule has 0 amide bonds. The molecule has 1 fully saturated rings. The molecule has 1 aliphatic heterocycles. The Morgan fingerprint density at radius 2 is 1.50 bits per heavy atom. The second-order valence-electron chi connectivity index (χ2n) is 2.54. The molecule has 0 aromatic rings. The molecule has 2 atom stereocenters. The number of halogens is 1. The van der Waals surface area contributed by atoms with E-state index >= 15 is 0 Å². The SMILES string of the molecule is Cl.OCC1CNCC1CO. The Labute approximate surface area is 66.8 Å². The normalized spacial score (nSPS) is 31.8. The van der Waals surface area contributed by atoms with Gasteiger partial charge in [-0.1, -0.05) is 0 Å². The highest BCUT2D eigenvalue weighted by molar-refractivity contribution is 5.85. The Bertz CT molecular complexity index is 81.8. The van der Waals surface area contributed by atoms with E-state index in [-0.39, 0.29) is 37.5 Å². The smallest absolute Gasteiger partial charge is 0.0475 e. The molecule has 0 aromatic heterocycles. The molecule has 0 saturated carbocycles. The molecule has 0 spiro atoms. The summed E-state index contributed by atoms with van der Waals surface area (Å²) >= 11 is 0. The van der Waals surface area contributed by atoms with Crippen LogP contribution >= 0.6 is 12.4 Å². The third-order valence-corrected chi connectivity index (χ3v) is 1.95. The quantitative estimate of drug-likeness (QED) is 0.506. The van der Waals surface area contributed by atoms with Crippen molar-refractivity contribution in [1.29, 1.82) is 0 Å². The molecular formula is C6H14ClNO2. The van der Waals surface area contributed by atoms with E-state index in [1.54, 1.807) is 0 Å². The summed E-state index contributed by atoms with van der Waals surface area (Å²) in [6.07, 6.45) is 0. The zero-order chi connectivity index (χ0) is 6.69. The minimum Gasteiger partial charge on any atom is -0.396 e. The van der Waals surface area contributed by atoms with Gasteiger partial charge in [-0.3, -0.25) is 0 Å². The Morgan fingerprint density at radius 1 is 1.10 bits per heavy atom. The van der Waals surface area contributed by atoms with Gasteiger partial charge >= 0.3 is 0 Å². The van der Waals surface area contributed by atoms with Crippen molar-refractivity contribution in [3.05, 3.63) is 0 Å². The summed E-state index contributed by atoms with van der Waals surface area (Å²) in [7, 11) is 0. The maximum Gasteiger partial charge on any atom is 0.0475 e. The number of aliphatic hydroxyl groups is 2. The topological polar surface area (TPSA) is 52.5 Å². The summed E-state index contributed by atoms with van der Waals surface area (Å²) < 4.78 is 0. The van der Waals surface area contributed by atoms with E-state index in [4.69, 9.17) is 10.2 Å². The summed E-state index contributed by atoms with van der Waals surface area (Å²) in [4.78, 5) is 0. The van der Waals surface area contributed by atoms with Gasteiger partial charge in [0.25, 0.3) is 0 Å². The zero-order valence-electron chi connectivity index (χ0n) is 5.79. The Balaban J connectivity index is 0.000000810. The fourth-order valence-electron chi connectivity index (χ4n) is 1.21. The highest BCUT2D eigenvalue weighted by atomic mass is 35.5. The molecule has 1 rings (SSSR count). The van der Waals surface area contributed by atoms with Gasteiger partial charge < -0.3 is 15.5 Å². The van der Waals surface area contributed by atoms with Crippen molar-refractivity contribution in [3.8, 4) is 0 Å². The summed E-state index contributed by atoms with van der Waals surface area (Å²) in [6, 6.07) is 0. The van der Waals surface area contributed by atoms with Gasteiger partial charge in [-0.2, -0.15) is 0 Å². The number of hydrogen-bond donors (Lipinski definition) is 3. The lowest BCUT2D eigenvalue weighted by Crippen LogP contribution is -2.19. The van der Waals surface area contributed by atoms with Gasteiger partial charge in [-0.25, -0.2) is 0 Å². The molecule has 3 nitrogen and oxygen atoms in total. The average Bonchev–Trinajstić information content (AvgIpc) is 2.33. The van der Waals surface area contributed by atoms with E-state index < -0.39 is 0 Å². The van der Waals surface area contributed by atoms with Gasteiger partial charge in [0.2, 0.25) is 0 Å². The second kappa shape index (κ2) is 4.91. The van der Waals surface area contributed by atoms with Gasteiger partial charge in [0.05, 0.1) is 0 Å². The first-order chi connectivity index (χ1) is 4.38. The van der Waals surface area contributed by atoms with Crippen LogP contribution in [0.4, 0.5) is 0 Å². The second-order valence-corrected chi connectivity index (χ2v) is 2.54. The van der Waals surface area contributed by atoms with Crippen LogP contribution in [0.5, 0.6) is 0 Å². The van der Waals surface area contributed by atoms with Crippen molar-refractivity contribution in [3.63, 3.8) is 0 Å².